The molecule has 1 heterocycles. The molecule has 0 bridgehead atoms. The summed E-state index contributed by atoms with van der Waals surface area (Å²) in [4.78, 5) is 4.03. The lowest BCUT2D eigenvalue weighted by Crippen LogP contribution is -2.03. The quantitative estimate of drug-likeness (QED) is 0.852. The van der Waals surface area contributed by atoms with Crippen molar-refractivity contribution >= 4 is 27.3 Å². The van der Waals surface area contributed by atoms with Gasteiger partial charge in [-0.1, -0.05) is 5.16 Å². The van der Waals surface area contributed by atoms with Gasteiger partial charge in [0.1, 0.15) is 5.82 Å². The third kappa shape index (κ3) is 2.73. The van der Waals surface area contributed by atoms with Crippen LogP contribution in [0.3, 0.4) is 0 Å². The summed E-state index contributed by atoms with van der Waals surface area (Å²) in [5.74, 6) is 0.610. The van der Waals surface area contributed by atoms with Crippen molar-refractivity contribution in [3.05, 3.63) is 34.1 Å². The third-order valence-electron chi connectivity index (χ3n) is 2.09. The summed E-state index contributed by atoms with van der Waals surface area (Å²) in [5, 5.41) is 6.65. The average molecular weight is 301 g/mol. The first-order chi connectivity index (χ1) is 8.06. The molecule has 2 aromatic rings. The van der Waals surface area contributed by atoms with Gasteiger partial charge in [-0.2, -0.15) is 4.98 Å². The van der Waals surface area contributed by atoms with E-state index in [0.29, 0.717) is 34.1 Å². The standard InChI is InChI=1S/C10H10BrFN4O/c1-5-15-10(17-16-5)4-14-9-2-6(11)7(12)3-8(9)13/h2-3,14H,4,13H2,1H3. The van der Waals surface area contributed by atoms with E-state index in [-0.39, 0.29) is 0 Å². The van der Waals surface area contributed by atoms with Crippen molar-refractivity contribution < 1.29 is 8.91 Å². The van der Waals surface area contributed by atoms with E-state index in [4.69, 9.17) is 10.3 Å². The molecule has 2 rings (SSSR count). The fraction of sp³-hybridized carbons (Fsp3) is 0.200. The highest BCUT2D eigenvalue weighted by Crippen LogP contribution is 2.26. The number of nitrogens with two attached hydrogens (primary N) is 1. The van der Waals surface area contributed by atoms with Crippen LogP contribution < -0.4 is 11.1 Å². The van der Waals surface area contributed by atoms with Gasteiger partial charge in [0.15, 0.2) is 5.82 Å². The van der Waals surface area contributed by atoms with Gasteiger partial charge in [0.25, 0.3) is 0 Å². The van der Waals surface area contributed by atoms with E-state index in [2.05, 4.69) is 31.4 Å². The van der Waals surface area contributed by atoms with Gasteiger partial charge in [-0.25, -0.2) is 4.39 Å². The molecule has 1 aromatic carbocycles. The van der Waals surface area contributed by atoms with E-state index in [1.165, 1.54) is 6.07 Å². The molecule has 0 fully saturated rings. The number of hydrogen-bond donors (Lipinski definition) is 2. The molecule has 0 aliphatic rings. The molecule has 5 nitrogen and oxygen atoms in total. The highest BCUT2D eigenvalue weighted by atomic mass is 79.9. The normalized spacial score (nSPS) is 10.5. The Kier molecular flexibility index (Phi) is 3.28. The largest absolute Gasteiger partial charge is 0.397 e. The molecular weight excluding hydrogens is 291 g/mol. The summed E-state index contributed by atoms with van der Waals surface area (Å²) in [7, 11) is 0. The molecule has 0 amide bonds. The molecular formula is C10H10BrFN4O. The fourth-order valence-corrected chi connectivity index (χ4v) is 1.64. The van der Waals surface area contributed by atoms with Crippen LogP contribution in [0.2, 0.25) is 0 Å². The van der Waals surface area contributed by atoms with Crippen LogP contribution in [-0.2, 0) is 6.54 Å². The number of nitrogens with zero attached hydrogens (tertiary/aromatic N) is 2. The first-order valence-corrected chi connectivity index (χ1v) is 5.63. The van der Waals surface area contributed by atoms with Crippen LogP contribution in [0.1, 0.15) is 11.7 Å². The number of hydrogen-bond acceptors (Lipinski definition) is 5. The molecule has 7 heteroatoms. The van der Waals surface area contributed by atoms with Gasteiger partial charge in [-0.3, -0.25) is 0 Å². The van der Waals surface area contributed by atoms with Crippen molar-refractivity contribution in [1.29, 1.82) is 0 Å². The van der Waals surface area contributed by atoms with E-state index < -0.39 is 5.82 Å². The van der Waals surface area contributed by atoms with E-state index in [1.807, 2.05) is 0 Å². The summed E-state index contributed by atoms with van der Waals surface area (Å²) in [6.07, 6.45) is 0. The molecule has 17 heavy (non-hydrogen) atoms. The number of rotatable bonds is 3. The molecule has 0 unspecified atom stereocenters. The lowest BCUT2D eigenvalue weighted by Gasteiger charge is -2.08. The highest BCUT2D eigenvalue weighted by molar-refractivity contribution is 9.10. The maximum absolute atomic E-state index is 13.1. The number of nitrogens with one attached hydrogen (secondary N) is 1. The highest BCUT2D eigenvalue weighted by Gasteiger charge is 2.07. The van der Waals surface area contributed by atoms with Crippen molar-refractivity contribution in [2.75, 3.05) is 11.1 Å². The number of nitrogen functional groups attached to an aromatic ring is 1. The zero-order chi connectivity index (χ0) is 12.4. The average Bonchev–Trinajstić information content (AvgIpc) is 2.68. The van der Waals surface area contributed by atoms with Crippen LogP contribution in [0.15, 0.2) is 21.1 Å². The van der Waals surface area contributed by atoms with E-state index in [1.54, 1.807) is 13.0 Å². The Bertz CT molecular complexity index is 543. The Morgan fingerprint density at radius 1 is 1.53 bits per heavy atom. The molecule has 3 N–H and O–H groups in total. The second-order valence-corrected chi connectivity index (χ2v) is 4.30. The van der Waals surface area contributed by atoms with Gasteiger partial charge in [-0.05, 0) is 28.9 Å². The topological polar surface area (TPSA) is 77.0 Å². The number of aromatic nitrogens is 2. The smallest absolute Gasteiger partial charge is 0.245 e. The van der Waals surface area contributed by atoms with Crippen LogP contribution in [-0.4, -0.2) is 10.1 Å². The predicted octanol–water partition coefficient (Wildman–Crippen LogP) is 2.47. The summed E-state index contributed by atoms with van der Waals surface area (Å²) < 4.78 is 18.4. The summed E-state index contributed by atoms with van der Waals surface area (Å²) in [6, 6.07) is 2.80. The molecule has 0 radical (unpaired) electrons. The lowest BCUT2D eigenvalue weighted by molar-refractivity contribution is 0.379. The Morgan fingerprint density at radius 2 is 2.29 bits per heavy atom. The second kappa shape index (κ2) is 4.70. The maximum atomic E-state index is 13.1. The molecule has 0 aliphatic carbocycles. The minimum absolute atomic E-state index is 0.321. The maximum Gasteiger partial charge on any atom is 0.245 e. The SMILES string of the molecule is Cc1noc(CNc2cc(Br)c(F)cc2N)n1. The molecule has 0 atom stereocenters. The van der Waals surface area contributed by atoms with Crippen LogP contribution in [0, 0.1) is 12.7 Å². The minimum Gasteiger partial charge on any atom is -0.397 e. The molecule has 0 spiro atoms. The molecule has 1 aromatic heterocycles. The molecule has 0 aliphatic heterocycles. The van der Waals surface area contributed by atoms with E-state index in [9.17, 15) is 4.39 Å². The van der Waals surface area contributed by atoms with Crippen molar-refractivity contribution in [3.8, 4) is 0 Å². The zero-order valence-corrected chi connectivity index (χ0v) is 10.6. The van der Waals surface area contributed by atoms with E-state index in [0.717, 1.165) is 0 Å². The van der Waals surface area contributed by atoms with Gasteiger partial charge in [0.2, 0.25) is 5.89 Å². The van der Waals surface area contributed by atoms with Crippen molar-refractivity contribution in [2.24, 2.45) is 0 Å². The summed E-state index contributed by atoms with van der Waals surface area (Å²) in [6.45, 7) is 2.07. The monoisotopic (exact) mass is 300 g/mol. The first kappa shape index (κ1) is 11.8. The number of benzene rings is 1. The predicted molar refractivity (Wildman–Crippen MR) is 64.9 cm³/mol. The number of aryl methyl sites for hydroxylation is 1. The fourth-order valence-electron chi connectivity index (χ4n) is 1.30. The zero-order valence-electron chi connectivity index (χ0n) is 9.00. The molecule has 90 valence electrons. The van der Waals surface area contributed by atoms with Crippen LogP contribution in [0.25, 0.3) is 0 Å². The summed E-state index contributed by atoms with van der Waals surface area (Å²) >= 11 is 3.09. The Balaban J connectivity index is 2.11. The summed E-state index contributed by atoms with van der Waals surface area (Å²) in [5.41, 5.74) is 6.60. The van der Waals surface area contributed by atoms with Crippen molar-refractivity contribution in [3.63, 3.8) is 0 Å². The van der Waals surface area contributed by atoms with Gasteiger partial charge in [0, 0.05) is 6.07 Å². The van der Waals surface area contributed by atoms with Gasteiger partial charge >= 0.3 is 0 Å². The lowest BCUT2D eigenvalue weighted by atomic mass is 10.2. The molecule has 0 saturated heterocycles. The minimum atomic E-state index is -0.401. The van der Waals surface area contributed by atoms with Crippen molar-refractivity contribution in [2.45, 2.75) is 13.5 Å². The van der Waals surface area contributed by atoms with Gasteiger partial charge < -0.3 is 15.6 Å². The van der Waals surface area contributed by atoms with Crippen LogP contribution >= 0.6 is 15.9 Å². The van der Waals surface area contributed by atoms with Gasteiger partial charge in [0.05, 0.1) is 22.4 Å². The number of halogens is 2. The Morgan fingerprint density at radius 3 is 2.94 bits per heavy atom. The van der Waals surface area contributed by atoms with Crippen LogP contribution in [0.5, 0.6) is 0 Å². The second-order valence-electron chi connectivity index (χ2n) is 3.44. The van der Waals surface area contributed by atoms with E-state index >= 15 is 0 Å². The van der Waals surface area contributed by atoms with Crippen molar-refractivity contribution in [1.82, 2.24) is 10.1 Å². The Labute approximate surface area is 105 Å². The van der Waals surface area contributed by atoms with Gasteiger partial charge in [-0.15, -0.1) is 0 Å². The Hall–Kier alpha value is -1.63. The van der Waals surface area contributed by atoms with Crippen LogP contribution in [0.4, 0.5) is 15.8 Å². The molecule has 0 saturated carbocycles. The number of anilines is 2. The third-order valence-corrected chi connectivity index (χ3v) is 2.70. The first-order valence-electron chi connectivity index (χ1n) is 4.84.